The molecule has 0 N–H and O–H groups in total. The van der Waals surface area contributed by atoms with Crippen molar-refractivity contribution in [2.24, 2.45) is 0 Å². The summed E-state index contributed by atoms with van der Waals surface area (Å²) in [4.78, 5) is 25.9. The van der Waals surface area contributed by atoms with Gasteiger partial charge in [-0.2, -0.15) is 0 Å². The van der Waals surface area contributed by atoms with Crippen molar-refractivity contribution < 1.29 is 14.4 Å². The highest BCUT2D eigenvalue weighted by Crippen LogP contribution is 1.96. The SMILES string of the molecule is C=C(C(C)=O)C(=O)ON(C)C. The lowest BCUT2D eigenvalue weighted by molar-refractivity contribution is -0.173. The lowest BCUT2D eigenvalue weighted by Gasteiger charge is -2.09. The van der Waals surface area contributed by atoms with Crippen molar-refractivity contribution >= 4 is 11.8 Å². The van der Waals surface area contributed by atoms with Crippen molar-refractivity contribution in [2.45, 2.75) is 6.92 Å². The summed E-state index contributed by atoms with van der Waals surface area (Å²) in [7, 11) is 3.09. The third kappa shape index (κ3) is 3.52. The molecule has 4 heteroatoms. The fourth-order valence-electron chi connectivity index (χ4n) is 0.365. The zero-order valence-corrected chi connectivity index (χ0v) is 6.88. The van der Waals surface area contributed by atoms with E-state index in [2.05, 4.69) is 11.4 Å². The van der Waals surface area contributed by atoms with E-state index in [1.54, 1.807) is 14.1 Å². The number of hydroxylamine groups is 2. The molecule has 0 saturated carbocycles. The van der Waals surface area contributed by atoms with Gasteiger partial charge in [-0.15, -0.1) is 5.06 Å². The zero-order valence-electron chi connectivity index (χ0n) is 6.88. The van der Waals surface area contributed by atoms with E-state index in [-0.39, 0.29) is 11.4 Å². The normalized spacial score (nSPS) is 9.45. The van der Waals surface area contributed by atoms with E-state index in [0.29, 0.717) is 0 Å². The standard InChI is InChI=1S/C7H11NO3/c1-5(6(2)9)7(10)11-8(3)4/h1H2,2-4H3. The van der Waals surface area contributed by atoms with Crippen LogP contribution in [-0.2, 0) is 14.4 Å². The van der Waals surface area contributed by atoms with E-state index >= 15 is 0 Å². The number of hydrogen-bond acceptors (Lipinski definition) is 4. The second kappa shape index (κ2) is 3.88. The molecule has 0 spiro atoms. The van der Waals surface area contributed by atoms with Gasteiger partial charge in [-0.05, 0) is 6.92 Å². The third-order valence-corrected chi connectivity index (χ3v) is 0.937. The number of ketones is 1. The Balaban J connectivity index is 4.05. The van der Waals surface area contributed by atoms with Gasteiger partial charge >= 0.3 is 5.97 Å². The number of carbonyl (C=O) groups is 2. The molecule has 0 amide bonds. The largest absolute Gasteiger partial charge is 0.364 e. The highest BCUT2D eigenvalue weighted by Gasteiger charge is 2.13. The molecule has 0 aromatic carbocycles. The van der Waals surface area contributed by atoms with Gasteiger partial charge in [-0.1, -0.05) is 6.58 Å². The summed E-state index contributed by atoms with van der Waals surface area (Å²) in [5.41, 5.74) is -0.140. The molecule has 0 bridgehead atoms. The maximum Gasteiger partial charge on any atom is 0.360 e. The Hall–Kier alpha value is -1.16. The smallest absolute Gasteiger partial charge is 0.360 e. The van der Waals surface area contributed by atoms with Crippen LogP contribution in [0.1, 0.15) is 6.92 Å². The summed E-state index contributed by atoms with van der Waals surface area (Å²) in [6, 6.07) is 0. The van der Waals surface area contributed by atoms with Crippen LogP contribution in [0.4, 0.5) is 0 Å². The molecule has 0 saturated heterocycles. The number of nitrogens with zero attached hydrogens (tertiary/aromatic N) is 1. The number of hydrogen-bond donors (Lipinski definition) is 0. The quantitative estimate of drug-likeness (QED) is 0.253. The van der Waals surface area contributed by atoms with E-state index in [1.807, 2.05) is 0 Å². The first kappa shape index (κ1) is 9.84. The lowest BCUT2D eigenvalue weighted by atomic mass is 10.2. The predicted octanol–water partition coefficient (Wildman–Crippen LogP) is 0.151. The van der Waals surface area contributed by atoms with E-state index in [1.165, 1.54) is 12.0 Å². The topological polar surface area (TPSA) is 46.6 Å². The summed E-state index contributed by atoms with van der Waals surface area (Å²) in [6.45, 7) is 4.52. The Morgan fingerprint density at radius 1 is 1.36 bits per heavy atom. The maximum absolute atomic E-state index is 10.8. The molecule has 0 fully saturated rings. The van der Waals surface area contributed by atoms with Crippen LogP contribution in [0.5, 0.6) is 0 Å². The Morgan fingerprint density at radius 2 is 1.82 bits per heavy atom. The van der Waals surface area contributed by atoms with E-state index in [4.69, 9.17) is 0 Å². The molecule has 0 aromatic rings. The van der Waals surface area contributed by atoms with Crippen molar-refractivity contribution in [1.29, 1.82) is 0 Å². The van der Waals surface area contributed by atoms with Crippen molar-refractivity contribution in [3.63, 3.8) is 0 Å². The molecular formula is C7H11NO3. The Kier molecular flexibility index (Phi) is 3.47. The first-order valence-corrected chi connectivity index (χ1v) is 3.04. The minimum Gasteiger partial charge on any atom is -0.364 e. The van der Waals surface area contributed by atoms with Crippen LogP contribution in [0.25, 0.3) is 0 Å². The first-order valence-electron chi connectivity index (χ1n) is 3.04. The van der Waals surface area contributed by atoms with Gasteiger partial charge in [-0.25, -0.2) is 4.79 Å². The molecule has 0 unspecified atom stereocenters. The van der Waals surface area contributed by atoms with Gasteiger partial charge in [-0.3, -0.25) is 4.79 Å². The van der Waals surface area contributed by atoms with Crippen LogP contribution in [0.2, 0.25) is 0 Å². The van der Waals surface area contributed by atoms with Crippen molar-refractivity contribution in [1.82, 2.24) is 5.06 Å². The number of Topliss-reactive ketones (excluding diaryl/α,β-unsaturated/α-hetero) is 1. The van der Waals surface area contributed by atoms with Gasteiger partial charge in [0.1, 0.15) is 0 Å². The minimum absolute atomic E-state index is 0.140. The van der Waals surface area contributed by atoms with Crippen LogP contribution in [0.3, 0.4) is 0 Å². The maximum atomic E-state index is 10.8. The zero-order chi connectivity index (χ0) is 9.02. The number of carbonyl (C=O) groups excluding carboxylic acids is 2. The molecule has 11 heavy (non-hydrogen) atoms. The van der Waals surface area contributed by atoms with Crippen molar-refractivity contribution in [3.05, 3.63) is 12.2 Å². The molecule has 0 atom stereocenters. The Labute approximate surface area is 65.4 Å². The molecule has 0 aromatic heterocycles. The lowest BCUT2D eigenvalue weighted by Crippen LogP contribution is -2.21. The van der Waals surface area contributed by atoms with E-state index in [9.17, 15) is 9.59 Å². The van der Waals surface area contributed by atoms with E-state index in [0.717, 1.165) is 0 Å². The highest BCUT2D eigenvalue weighted by atomic mass is 16.7. The monoisotopic (exact) mass is 157 g/mol. The summed E-state index contributed by atoms with van der Waals surface area (Å²) < 4.78 is 0. The van der Waals surface area contributed by atoms with Gasteiger partial charge < -0.3 is 4.84 Å². The van der Waals surface area contributed by atoms with E-state index < -0.39 is 5.97 Å². The molecule has 0 rings (SSSR count). The summed E-state index contributed by atoms with van der Waals surface area (Å²) in [5.74, 6) is -1.08. The second-order valence-electron chi connectivity index (χ2n) is 2.23. The van der Waals surface area contributed by atoms with Crippen molar-refractivity contribution in [2.75, 3.05) is 14.1 Å². The Bertz CT molecular complexity index is 196. The van der Waals surface area contributed by atoms with Crippen molar-refractivity contribution in [3.8, 4) is 0 Å². The van der Waals surface area contributed by atoms with Gasteiger partial charge in [0, 0.05) is 14.1 Å². The van der Waals surface area contributed by atoms with Gasteiger partial charge in [0.25, 0.3) is 0 Å². The highest BCUT2D eigenvalue weighted by molar-refractivity contribution is 6.15. The predicted molar refractivity (Wildman–Crippen MR) is 39.6 cm³/mol. The van der Waals surface area contributed by atoms with Gasteiger partial charge in [0.05, 0.1) is 5.57 Å². The van der Waals surface area contributed by atoms with Crippen LogP contribution < -0.4 is 0 Å². The fraction of sp³-hybridized carbons (Fsp3) is 0.429. The summed E-state index contributed by atoms with van der Waals surface area (Å²) in [5, 5.41) is 1.20. The molecule has 0 aliphatic carbocycles. The summed E-state index contributed by atoms with van der Waals surface area (Å²) >= 11 is 0. The molecule has 0 aliphatic heterocycles. The molecular weight excluding hydrogens is 146 g/mol. The third-order valence-electron chi connectivity index (χ3n) is 0.937. The van der Waals surface area contributed by atoms with Gasteiger partial charge in [0.15, 0.2) is 5.78 Å². The minimum atomic E-state index is -0.706. The molecule has 0 heterocycles. The van der Waals surface area contributed by atoms with Gasteiger partial charge in [0.2, 0.25) is 0 Å². The molecule has 4 nitrogen and oxygen atoms in total. The molecule has 62 valence electrons. The summed E-state index contributed by atoms with van der Waals surface area (Å²) in [6.07, 6.45) is 0. The number of rotatable bonds is 3. The first-order chi connectivity index (χ1) is 4.95. The van der Waals surface area contributed by atoms with Crippen LogP contribution in [-0.4, -0.2) is 30.9 Å². The average molecular weight is 157 g/mol. The fourth-order valence-corrected chi connectivity index (χ4v) is 0.365. The molecule has 0 aliphatic rings. The van der Waals surface area contributed by atoms with Crippen LogP contribution in [0, 0.1) is 0 Å². The van der Waals surface area contributed by atoms with Crippen LogP contribution >= 0.6 is 0 Å². The van der Waals surface area contributed by atoms with Crippen LogP contribution in [0.15, 0.2) is 12.2 Å². The average Bonchev–Trinajstić information content (AvgIpc) is 1.84. The molecule has 0 radical (unpaired) electrons. The second-order valence-corrected chi connectivity index (χ2v) is 2.23. The Morgan fingerprint density at radius 3 is 2.09 bits per heavy atom.